The van der Waals surface area contributed by atoms with E-state index >= 15 is 0 Å². The Balaban J connectivity index is 1.42. The molecule has 1 saturated heterocycles. The largest absolute Gasteiger partial charge is 0.341 e. The number of hydrogen-bond acceptors (Lipinski definition) is 4. The first-order valence-corrected chi connectivity index (χ1v) is 15.2. The van der Waals surface area contributed by atoms with Crippen molar-refractivity contribution in [1.82, 2.24) is 15.0 Å². The van der Waals surface area contributed by atoms with Crippen LogP contribution in [0.2, 0.25) is 0 Å². The lowest BCUT2D eigenvalue weighted by Gasteiger charge is -2.33. The van der Waals surface area contributed by atoms with Crippen LogP contribution in [0, 0.1) is 5.92 Å². The Hall–Kier alpha value is -3.88. The van der Waals surface area contributed by atoms with Gasteiger partial charge >= 0.3 is 0 Å². The summed E-state index contributed by atoms with van der Waals surface area (Å²) < 4.78 is 0. The number of pyridine rings is 1. The van der Waals surface area contributed by atoms with Crippen LogP contribution < -0.4 is 26.1 Å². The third-order valence-corrected chi connectivity index (χ3v) is 12.0. The SMILES string of the molecule is c1ccc([P+](c2ccccc2)(c2ccccc2)c2ccncc2CC2CCN(c3ncccn3)CC2)cc1. The monoisotopic (exact) mass is 515 g/mol. The molecule has 1 aliphatic heterocycles. The second-order valence-corrected chi connectivity index (χ2v) is 13.2. The summed E-state index contributed by atoms with van der Waals surface area (Å²) in [5.41, 5.74) is 1.37. The van der Waals surface area contributed by atoms with Gasteiger partial charge in [-0.15, -0.1) is 0 Å². The Morgan fingerprint density at radius 3 is 1.68 bits per heavy atom. The molecule has 0 aliphatic carbocycles. The highest BCUT2D eigenvalue weighted by molar-refractivity contribution is 8.01. The van der Waals surface area contributed by atoms with Gasteiger partial charge in [-0.3, -0.25) is 4.98 Å². The predicted molar refractivity (Wildman–Crippen MR) is 160 cm³/mol. The van der Waals surface area contributed by atoms with Gasteiger partial charge in [0, 0.05) is 49.5 Å². The van der Waals surface area contributed by atoms with Crippen molar-refractivity contribution in [2.24, 2.45) is 5.92 Å². The molecular weight excluding hydrogens is 483 g/mol. The molecule has 0 saturated carbocycles. The smallest absolute Gasteiger partial charge is 0.225 e. The summed E-state index contributed by atoms with van der Waals surface area (Å²) in [6.07, 6.45) is 11.1. The Labute approximate surface area is 225 Å². The van der Waals surface area contributed by atoms with Crippen LogP contribution >= 0.6 is 7.26 Å². The molecule has 38 heavy (non-hydrogen) atoms. The number of nitrogens with zero attached hydrogens (tertiary/aromatic N) is 4. The Kier molecular flexibility index (Phi) is 7.24. The van der Waals surface area contributed by atoms with E-state index in [-0.39, 0.29) is 0 Å². The highest BCUT2D eigenvalue weighted by Gasteiger charge is 2.49. The molecule has 6 rings (SSSR count). The molecule has 0 radical (unpaired) electrons. The number of anilines is 1. The van der Waals surface area contributed by atoms with Gasteiger partial charge in [0.2, 0.25) is 5.95 Å². The first-order chi connectivity index (χ1) is 18.9. The standard InChI is InChI=1S/C33H32N4P/c1-4-11-29(12-5-1)38(30-13-6-2-7-14-30,31-15-8-3-9-16-31)32-17-22-34-26-28(32)25-27-18-23-37(24-19-27)33-35-20-10-21-36-33/h1-17,20-22,26-27H,18-19,23-25H2/q+1. The molecule has 0 atom stereocenters. The third kappa shape index (κ3) is 4.73. The van der Waals surface area contributed by atoms with Gasteiger partial charge in [0.25, 0.3) is 0 Å². The first-order valence-electron chi connectivity index (χ1n) is 13.4. The van der Waals surface area contributed by atoms with Gasteiger partial charge in [0.05, 0.1) is 0 Å². The fraction of sp³-hybridized carbons (Fsp3) is 0.182. The lowest BCUT2D eigenvalue weighted by molar-refractivity contribution is 0.401. The van der Waals surface area contributed by atoms with E-state index in [2.05, 4.69) is 123 Å². The summed E-state index contributed by atoms with van der Waals surface area (Å²) in [5.74, 6) is 1.44. The van der Waals surface area contributed by atoms with Gasteiger partial charge in [-0.1, -0.05) is 54.6 Å². The summed E-state index contributed by atoms with van der Waals surface area (Å²) in [5, 5.41) is 5.55. The van der Waals surface area contributed by atoms with E-state index in [1.54, 1.807) is 0 Å². The number of piperidine rings is 1. The molecule has 2 aromatic heterocycles. The Morgan fingerprint density at radius 2 is 1.16 bits per heavy atom. The van der Waals surface area contributed by atoms with Crippen LogP contribution in [0.25, 0.3) is 0 Å². The zero-order valence-electron chi connectivity index (χ0n) is 21.5. The van der Waals surface area contributed by atoms with Crippen LogP contribution in [0.4, 0.5) is 5.95 Å². The van der Waals surface area contributed by atoms with E-state index in [1.165, 1.54) is 26.8 Å². The average molecular weight is 516 g/mol. The van der Waals surface area contributed by atoms with Crippen LogP contribution in [0.15, 0.2) is 128 Å². The van der Waals surface area contributed by atoms with Gasteiger partial charge in [-0.2, -0.15) is 0 Å². The molecule has 5 aromatic rings. The van der Waals surface area contributed by atoms with Crippen LogP contribution in [-0.2, 0) is 6.42 Å². The fourth-order valence-corrected chi connectivity index (χ4v) is 10.3. The van der Waals surface area contributed by atoms with E-state index in [0.29, 0.717) is 5.92 Å². The van der Waals surface area contributed by atoms with E-state index < -0.39 is 7.26 Å². The van der Waals surface area contributed by atoms with E-state index in [4.69, 9.17) is 0 Å². The van der Waals surface area contributed by atoms with Gasteiger partial charge in [-0.05, 0) is 67.6 Å². The third-order valence-electron chi connectivity index (χ3n) is 7.63. The average Bonchev–Trinajstić information content (AvgIpc) is 3.01. The summed E-state index contributed by atoms with van der Waals surface area (Å²) in [6, 6.07) is 37.5. The molecule has 3 heterocycles. The van der Waals surface area contributed by atoms with Crippen molar-refractivity contribution in [2.75, 3.05) is 18.0 Å². The van der Waals surface area contributed by atoms with Crippen LogP contribution in [0.3, 0.4) is 0 Å². The highest BCUT2D eigenvalue weighted by atomic mass is 31.2. The fourth-order valence-electron chi connectivity index (χ4n) is 5.83. The molecule has 1 aliphatic rings. The van der Waals surface area contributed by atoms with Crippen molar-refractivity contribution in [3.8, 4) is 0 Å². The summed E-state index contributed by atoms with van der Waals surface area (Å²) in [6.45, 7) is 1.97. The second kappa shape index (κ2) is 11.2. The number of rotatable bonds is 7. The van der Waals surface area contributed by atoms with Crippen LogP contribution in [0.1, 0.15) is 18.4 Å². The molecule has 5 heteroatoms. The zero-order chi connectivity index (χ0) is 25.6. The zero-order valence-corrected chi connectivity index (χ0v) is 22.4. The first kappa shape index (κ1) is 24.5. The Morgan fingerprint density at radius 1 is 0.632 bits per heavy atom. The molecular formula is C33H32N4P+. The minimum Gasteiger partial charge on any atom is -0.341 e. The maximum absolute atomic E-state index is 4.66. The summed E-state index contributed by atoms with van der Waals surface area (Å²) >= 11 is 0. The quantitative estimate of drug-likeness (QED) is 0.288. The predicted octanol–water partition coefficient (Wildman–Crippen LogP) is 4.95. The molecule has 0 unspecified atom stereocenters. The molecule has 0 spiro atoms. The highest BCUT2D eigenvalue weighted by Crippen LogP contribution is 2.55. The maximum atomic E-state index is 4.66. The van der Waals surface area contributed by atoms with E-state index in [1.807, 2.05) is 24.7 Å². The molecule has 188 valence electrons. The second-order valence-electron chi connectivity index (χ2n) is 9.87. The van der Waals surface area contributed by atoms with Crippen molar-refractivity contribution in [3.05, 3.63) is 133 Å². The van der Waals surface area contributed by atoms with Gasteiger partial charge in [-0.25, -0.2) is 9.97 Å². The molecule has 1 fully saturated rings. The summed E-state index contributed by atoms with van der Waals surface area (Å²) in [7, 11) is -2.14. The molecule has 0 amide bonds. The topological polar surface area (TPSA) is 41.9 Å². The number of aromatic nitrogens is 3. The van der Waals surface area contributed by atoms with Crippen LogP contribution in [0.5, 0.6) is 0 Å². The van der Waals surface area contributed by atoms with Gasteiger partial charge in [0.15, 0.2) is 0 Å². The minimum atomic E-state index is -2.14. The lowest BCUT2D eigenvalue weighted by Crippen LogP contribution is -2.41. The number of hydrogen-bond donors (Lipinski definition) is 0. The van der Waals surface area contributed by atoms with Gasteiger partial charge in [0.1, 0.15) is 28.5 Å². The summed E-state index contributed by atoms with van der Waals surface area (Å²) in [4.78, 5) is 15.9. The van der Waals surface area contributed by atoms with Crippen molar-refractivity contribution >= 4 is 34.4 Å². The van der Waals surface area contributed by atoms with Crippen molar-refractivity contribution in [2.45, 2.75) is 19.3 Å². The van der Waals surface area contributed by atoms with Crippen molar-refractivity contribution in [1.29, 1.82) is 0 Å². The van der Waals surface area contributed by atoms with Crippen molar-refractivity contribution < 1.29 is 0 Å². The molecule has 3 aromatic carbocycles. The van der Waals surface area contributed by atoms with E-state index in [9.17, 15) is 0 Å². The molecule has 4 nitrogen and oxygen atoms in total. The molecule has 0 bridgehead atoms. The van der Waals surface area contributed by atoms with Crippen molar-refractivity contribution in [3.63, 3.8) is 0 Å². The number of benzene rings is 3. The normalized spacial score (nSPS) is 14.4. The minimum absolute atomic E-state index is 0.599. The van der Waals surface area contributed by atoms with Crippen LogP contribution in [-0.4, -0.2) is 28.0 Å². The molecule has 0 N–H and O–H groups in total. The lowest BCUT2D eigenvalue weighted by atomic mass is 9.91. The van der Waals surface area contributed by atoms with E-state index in [0.717, 1.165) is 38.3 Å². The van der Waals surface area contributed by atoms with Gasteiger partial charge < -0.3 is 4.90 Å². The maximum Gasteiger partial charge on any atom is 0.225 e. The Bertz CT molecular complexity index is 1340.